The standard InChI is InChI=1S/C17H22N2O/c1-12-6-8-15(10-12)19-17(20)16-11-13(2)5-7-14(16)4-3-9-18/h5,7,11-12,15H,6,8-10,18H2,1-2H3,(H,19,20). The Kier molecular flexibility index (Phi) is 4.81. The third kappa shape index (κ3) is 3.61. The summed E-state index contributed by atoms with van der Waals surface area (Å²) in [6, 6.07) is 6.06. The minimum Gasteiger partial charge on any atom is -0.349 e. The van der Waals surface area contributed by atoms with E-state index in [0.717, 1.165) is 24.0 Å². The molecule has 3 heteroatoms. The molecule has 0 heterocycles. The molecule has 1 fully saturated rings. The first kappa shape index (κ1) is 14.6. The zero-order valence-electron chi connectivity index (χ0n) is 12.2. The Morgan fingerprint density at radius 1 is 1.45 bits per heavy atom. The van der Waals surface area contributed by atoms with Crippen LogP contribution in [0.4, 0.5) is 0 Å². The molecule has 1 saturated carbocycles. The predicted molar refractivity (Wildman–Crippen MR) is 81.4 cm³/mol. The van der Waals surface area contributed by atoms with E-state index in [1.54, 1.807) is 0 Å². The van der Waals surface area contributed by atoms with Crippen molar-refractivity contribution in [2.24, 2.45) is 11.7 Å². The van der Waals surface area contributed by atoms with Crippen molar-refractivity contribution in [3.05, 3.63) is 34.9 Å². The van der Waals surface area contributed by atoms with Crippen molar-refractivity contribution in [1.82, 2.24) is 5.32 Å². The van der Waals surface area contributed by atoms with Crippen molar-refractivity contribution < 1.29 is 4.79 Å². The summed E-state index contributed by atoms with van der Waals surface area (Å²) in [4.78, 5) is 12.4. The van der Waals surface area contributed by atoms with E-state index in [2.05, 4.69) is 24.1 Å². The number of carbonyl (C=O) groups is 1. The molecule has 1 amide bonds. The van der Waals surface area contributed by atoms with Gasteiger partial charge >= 0.3 is 0 Å². The van der Waals surface area contributed by atoms with Gasteiger partial charge in [-0.15, -0.1) is 0 Å². The average Bonchev–Trinajstić information content (AvgIpc) is 2.82. The van der Waals surface area contributed by atoms with Gasteiger partial charge in [0.05, 0.1) is 12.1 Å². The highest BCUT2D eigenvalue weighted by Crippen LogP contribution is 2.25. The Morgan fingerprint density at radius 2 is 2.25 bits per heavy atom. The number of rotatable bonds is 2. The van der Waals surface area contributed by atoms with Crippen molar-refractivity contribution in [2.45, 2.75) is 39.2 Å². The number of aryl methyl sites for hydroxylation is 1. The summed E-state index contributed by atoms with van der Waals surface area (Å²) < 4.78 is 0. The van der Waals surface area contributed by atoms with Crippen LogP contribution in [-0.4, -0.2) is 18.5 Å². The van der Waals surface area contributed by atoms with Crippen molar-refractivity contribution in [3.8, 4) is 11.8 Å². The first-order valence-corrected chi connectivity index (χ1v) is 7.20. The summed E-state index contributed by atoms with van der Waals surface area (Å²) in [6.07, 6.45) is 3.34. The minimum atomic E-state index is -0.0193. The highest BCUT2D eigenvalue weighted by Gasteiger charge is 2.23. The fourth-order valence-electron chi connectivity index (χ4n) is 2.70. The monoisotopic (exact) mass is 270 g/mol. The Morgan fingerprint density at radius 3 is 2.90 bits per heavy atom. The average molecular weight is 270 g/mol. The first-order chi connectivity index (χ1) is 9.60. The van der Waals surface area contributed by atoms with Crippen LogP contribution < -0.4 is 11.1 Å². The lowest BCUT2D eigenvalue weighted by Gasteiger charge is -2.14. The largest absolute Gasteiger partial charge is 0.349 e. The van der Waals surface area contributed by atoms with Crippen LogP contribution in [0, 0.1) is 24.7 Å². The summed E-state index contributed by atoms with van der Waals surface area (Å²) >= 11 is 0. The Balaban J connectivity index is 2.17. The fourth-order valence-corrected chi connectivity index (χ4v) is 2.70. The third-order valence-electron chi connectivity index (χ3n) is 3.77. The number of benzene rings is 1. The van der Waals surface area contributed by atoms with E-state index in [-0.39, 0.29) is 5.91 Å². The van der Waals surface area contributed by atoms with Crippen molar-refractivity contribution in [2.75, 3.05) is 6.54 Å². The number of nitrogens with one attached hydrogen (secondary N) is 1. The Hall–Kier alpha value is -1.79. The van der Waals surface area contributed by atoms with Gasteiger partial charge in [-0.25, -0.2) is 0 Å². The number of carbonyl (C=O) groups excluding carboxylic acids is 1. The molecule has 3 N–H and O–H groups in total. The molecule has 0 aliphatic heterocycles. The molecule has 0 saturated heterocycles. The van der Waals surface area contributed by atoms with Gasteiger partial charge in [0.25, 0.3) is 5.91 Å². The quantitative estimate of drug-likeness (QED) is 0.810. The van der Waals surface area contributed by atoms with Crippen LogP contribution >= 0.6 is 0 Å². The SMILES string of the molecule is Cc1ccc(C#CCN)c(C(=O)NC2CCC(C)C2)c1. The predicted octanol–water partition coefficient (Wildman–Crippen LogP) is 2.22. The van der Waals surface area contributed by atoms with E-state index < -0.39 is 0 Å². The van der Waals surface area contributed by atoms with Crippen LogP contribution in [0.3, 0.4) is 0 Å². The topological polar surface area (TPSA) is 55.1 Å². The summed E-state index contributed by atoms with van der Waals surface area (Å²) in [7, 11) is 0. The van der Waals surface area contributed by atoms with Gasteiger partial charge in [0.2, 0.25) is 0 Å². The molecule has 1 aromatic carbocycles. The molecule has 106 valence electrons. The number of amides is 1. The maximum Gasteiger partial charge on any atom is 0.252 e. The number of hydrogen-bond donors (Lipinski definition) is 2. The molecule has 0 bridgehead atoms. The van der Waals surface area contributed by atoms with Gasteiger partial charge in [0.1, 0.15) is 0 Å². The maximum absolute atomic E-state index is 12.4. The van der Waals surface area contributed by atoms with Crippen molar-refractivity contribution in [3.63, 3.8) is 0 Å². The molecular formula is C17H22N2O. The van der Waals surface area contributed by atoms with Crippen LogP contribution in [0.15, 0.2) is 18.2 Å². The van der Waals surface area contributed by atoms with Crippen LogP contribution in [0.5, 0.6) is 0 Å². The van der Waals surface area contributed by atoms with Gasteiger partial charge in [-0.3, -0.25) is 4.79 Å². The second kappa shape index (κ2) is 6.58. The van der Waals surface area contributed by atoms with Crippen LogP contribution in [0.25, 0.3) is 0 Å². The molecule has 1 aliphatic rings. The maximum atomic E-state index is 12.4. The summed E-state index contributed by atoms with van der Waals surface area (Å²) in [5, 5.41) is 3.13. The molecule has 3 nitrogen and oxygen atoms in total. The van der Waals surface area contributed by atoms with E-state index >= 15 is 0 Å². The number of nitrogens with two attached hydrogens (primary N) is 1. The zero-order valence-corrected chi connectivity index (χ0v) is 12.2. The van der Waals surface area contributed by atoms with Gasteiger partial charge in [-0.2, -0.15) is 0 Å². The van der Waals surface area contributed by atoms with E-state index in [1.807, 2.05) is 25.1 Å². The highest BCUT2D eigenvalue weighted by molar-refractivity contribution is 5.97. The molecule has 0 spiro atoms. The van der Waals surface area contributed by atoms with Gasteiger partial charge in [-0.1, -0.05) is 30.4 Å². The highest BCUT2D eigenvalue weighted by atomic mass is 16.1. The number of hydrogen-bond acceptors (Lipinski definition) is 2. The Bertz CT molecular complexity index is 554. The minimum absolute atomic E-state index is 0.0193. The van der Waals surface area contributed by atoms with Gasteiger partial charge in [0.15, 0.2) is 0 Å². The zero-order chi connectivity index (χ0) is 14.5. The molecule has 2 atom stereocenters. The molecule has 2 unspecified atom stereocenters. The lowest BCUT2D eigenvalue weighted by Crippen LogP contribution is -2.33. The molecular weight excluding hydrogens is 248 g/mol. The molecule has 1 aromatic rings. The van der Waals surface area contributed by atoms with E-state index in [1.165, 1.54) is 6.42 Å². The second-order valence-electron chi connectivity index (χ2n) is 5.64. The summed E-state index contributed by atoms with van der Waals surface area (Å²) in [6.45, 7) is 4.51. The normalized spacial score (nSPS) is 21.1. The van der Waals surface area contributed by atoms with E-state index in [0.29, 0.717) is 24.1 Å². The van der Waals surface area contributed by atoms with Crippen molar-refractivity contribution in [1.29, 1.82) is 0 Å². The van der Waals surface area contributed by atoms with Crippen LogP contribution in [-0.2, 0) is 0 Å². The third-order valence-corrected chi connectivity index (χ3v) is 3.77. The fraction of sp³-hybridized carbons (Fsp3) is 0.471. The smallest absolute Gasteiger partial charge is 0.252 e. The van der Waals surface area contributed by atoms with Gasteiger partial charge in [0, 0.05) is 11.6 Å². The lowest BCUT2D eigenvalue weighted by atomic mass is 10.0. The second-order valence-corrected chi connectivity index (χ2v) is 5.64. The van der Waals surface area contributed by atoms with Gasteiger partial charge < -0.3 is 11.1 Å². The van der Waals surface area contributed by atoms with Crippen LogP contribution in [0.2, 0.25) is 0 Å². The molecule has 2 rings (SSSR count). The first-order valence-electron chi connectivity index (χ1n) is 7.20. The Labute approximate surface area is 120 Å². The summed E-state index contributed by atoms with van der Waals surface area (Å²) in [5.41, 5.74) is 7.88. The summed E-state index contributed by atoms with van der Waals surface area (Å²) in [5.74, 6) is 6.48. The van der Waals surface area contributed by atoms with Crippen molar-refractivity contribution >= 4 is 5.91 Å². The van der Waals surface area contributed by atoms with E-state index in [4.69, 9.17) is 5.73 Å². The van der Waals surface area contributed by atoms with Crippen LogP contribution in [0.1, 0.15) is 47.7 Å². The lowest BCUT2D eigenvalue weighted by molar-refractivity contribution is 0.0937. The van der Waals surface area contributed by atoms with E-state index in [9.17, 15) is 4.79 Å². The van der Waals surface area contributed by atoms with Gasteiger partial charge in [-0.05, 0) is 44.2 Å². The molecule has 1 aliphatic carbocycles. The molecule has 0 aromatic heterocycles. The molecule has 20 heavy (non-hydrogen) atoms. The molecule has 0 radical (unpaired) electrons.